The molecule has 0 saturated heterocycles. The number of amides is 1. The van der Waals surface area contributed by atoms with Gasteiger partial charge in [0.15, 0.2) is 11.8 Å². The summed E-state index contributed by atoms with van der Waals surface area (Å²) in [4.78, 5) is 12.1. The van der Waals surface area contributed by atoms with Crippen LogP contribution < -0.4 is 10.1 Å². The van der Waals surface area contributed by atoms with Crippen LogP contribution in [0.2, 0.25) is 0 Å². The molecule has 0 saturated carbocycles. The van der Waals surface area contributed by atoms with Crippen molar-refractivity contribution in [2.45, 2.75) is 19.4 Å². The lowest BCUT2D eigenvalue weighted by Crippen LogP contribution is -2.37. The number of halogens is 1. The van der Waals surface area contributed by atoms with E-state index in [4.69, 9.17) is 4.74 Å². The fraction of sp³-hybridized carbons (Fsp3) is 0.235. The van der Waals surface area contributed by atoms with Gasteiger partial charge in [-0.15, -0.1) is 10.2 Å². The fourth-order valence-electron chi connectivity index (χ4n) is 2.30. The molecule has 0 fully saturated rings. The molecule has 3 rings (SSSR count). The third-order valence-corrected chi connectivity index (χ3v) is 3.51. The van der Waals surface area contributed by atoms with Crippen LogP contribution in [0.25, 0.3) is 5.65 Å². The van der Waals surface area contributed by atoms with E-state index in [1.165, 1.54) is 18.2 Å². The summed E-state index contributed by atoms with van der Waals surface area (Å²) in [6.45, 7) is 2.03. The largest absolute Gasteiger partial charge is 0.481 e. The van der Waals surface area contributed by atoms with E-state index in [1.54, 1.807) is 13.0 Å². The Balaban J connectivity index is 1.51. The Labute approximate surface area is 138 Å². The second kappa shape index (κ2) is 7.08. The third kappa shape index (κ3) is 3.68. The average Bonchev–Trinajstić information content (AvgIpc) is 2.98. The van der Waals surface area contributed by atoms with E-state index in [-0.39, 0.29) is 5.91 Å². The summed E-state index contributed by atoms with van der Waals surface area (Å²) in [5.41, 5.74) is 0.765. The van der Waals surface area contributed by atoms with Gasteiger partial charge in [0.05, 0.1) is 0 Å². The topological polar surface area (TPSA) is 68.5 Å². The monoisotopic (exact) mass is 328 g/mol. The third-order valence-electron chi connectivity index (χ3n) is 3.51. The van der Waals surface area contributed by atoms with Crippen molar-refractivity contribution < 1.29 is 13.9 Å². The van der Waals surface area contributed by atoms with Crippen LogP contribution in [0.4, 0.5) is 4.39 Å². The Kier molecular flexibility index (Phi) is 4.69. The Morgan fingerprint density at radius 3 is 3.00 bits per heavy atom. The first kappa shape index (κ1) is 15.9. The Morgan fingerprint density at radius 1 is 1.29 bits per heavy atom. The van der Waals surface area contributed by atoms with Crippen molar-refractivity contribution in [1.29, 1.82) is 0 Å². The van der Waals surface area contributed by atoms with Crippen molar-refractivity contribution in [3.63, 3.8) is 0 Å². The molecule has 1 N–H and O–H groups in total. The number of carbonyl (C=O) groups is 1. The zero-order valence-corrected chi connectivity index (χ0v) is 13.1. The van der Waals surface area contributed by atoms with Crippen LogP contribution in [0.15, 0.2) is 48.7 Å². The molecule has 0 aliphatic heterocycles. The van der Waals surface area contributed by atoms with Crippen molar-refractivity contribution in [2.24, 2.45) is 0 Å². The van der Waals surface area contributed by atoms with E-state index in [1.807, 2.05) is 28.8 Å². The predicted octanol–water partition coefficient (Wildman–Crippen LogP) is 1.99. The van der Waals surface area contributed by atoms with Crippen LogP contribution in [0.3, 0.4) is 0 Å². The van der Waals surface area contributed by atoms with E-state index in [0.29, 0.717) is 18.7 Å². The molecule has 2 heterocycles. The first-order valence-electron chi connectivity index (χ1n) is 7.62. The molecular formula is C17H17FN4O2. The van der Waals surface area contributed by atoms with E-state index in [0.717, 1.165) is 11.5 Å². The summed E-state index contributed by atoms with van der Waals surface area (Å²) in [6.07, 6.45) is 1.70. The molecular weight excluding hydrogens is 311 g/mol. The maximum Gasteiger partial charge on any atom is 0.260 e. The van der Waals surface area contributed by atoms with Crippen molar-refractivity contribution in [1.82, 2.24) is 19.9 Å². The molecule has 3 aromatic rings. The Morgan fingerprint density at radius 2 is 2.17 bits per heavy atom. The minimum atomic E-state index is -0.720. The first-order valence-corrected chi connectivity index (χ1v) is 7.62. The van der Waals surface area contributed by atoms with Gasteiger partial charge in [0, 0.05) is 25.2 Å². The quantitative estimate of drug-likeness (QED) is 0.751. The van der Waals surface area contributed by atoms with Crippen LogP contribution in [0.1, 0.15) is 12.7 Å². The maximum atomic E-state index is 13.1. The minimum Gasteiger partial charge on any atom is -0.481 e. The van der Waals surface area contributed by atoms with E-state index < -0.39 is 11.9 Å². The fourth-order valence-corrected chi connectivity index (χ4v) is 2.30. The second-order valence-electron chi connectivity index (χ2n) is 5.30. The Bertz CT molecular complexity index is 849. The summed E-state index contributed by atoms with van der Waals surface area (Å²) >= 11 is 0. The van der Waals surface area contributed by atoms with Gasteiger partial charge in [-0.3, -0.25) is 9.20 Å². The maximum absolute atomic E-state index is 13.1. The normalized spacial score (nSPS) is 12.1. The number of ether oxygens (including phenoxy) is 1. The van der Waals surface area contributed by atoms with Crippen molar-refractivity contribution >= 4 is 11.6 Å². The number of hydrogen-bond donors (Lipinski definition) is 1. The van der Waals surface area contributed by atoms with Gasteiger partial charge < -0.3 is 10.1 Å². The molecule has 124 valence electrons. The lowest BCUT2D eigenvalue weighted by Gasteiger charge is -2.14. The number of benzene rings is 1. The van der Waals surface area contributed by atoms with Gasteiger partial charge in [-0.05, 0) is 31.2 Å². The Hall–Kier alpha value is -2.96. The van der Waals surface area contributed by atoms with Gasteiger partial charge in [-0.2, -0.15) is 0 Å². The van der Waals surface area contributed by atoms with Crippen LogP contribution >= 0.6 is 0 Å². The average molecular weight is 328 g/mol. The molecule has 0 unspecified atom stereocenters. The summed E-state index contributed by atoms with van der Waals surface area (Å²) in [5, 5.41) is 10.9. The smallest absolute Gasteiger partial charge is 0.260 e. The highest BCUT2D eigenvalue weighted by Crippen LogP contribution is 2.13. The van der Waals surface area contributed by atoms with E-state index >= 15 is 0 Å². The highest BCUT2D eigenvalue weighted by atomic mass is 19.1. The number of rotatable bonds is 6. The molecule has 1 atom stereocenters. The molecule has 0 bridgehead atoms. The van der Waals surface area contributed by atoms with Gasteiger partial charge in [-0.25, -0.2) is 4.39 Å². The highest BCUT2D eigenvalue weighted by molar-refractivity contribution is 5.80. The molecule has 0 aliphatic rings. The van der Waals surface area contributed by atoms with Gasteiger partial charge in [0.25, 0.3) is 5.91 Å². The number of aromatic nitrogens is 3. The standard InChI is InChI=1S/C17H17FN4O2/c1-12(24-14-6-4-5-13(18)11-14)17(23)19-9-8-16-21-20-15-7-2-3-10-22(15)16/h2-7,10-12H,8-9H2,1H3,(H,19,23)/t12-/m1/s1. The molecule has 7 heteroatoms. The lowest BCUT2D eigenvalue weighted by atomic mass is 10.3. The van der Waals surface area contributed by atoms with Crippen LogP contribution in [0.5, 0.6) is 5.75 Å². The molecule has 24 heavy (non-hydrogen) atoms. The number of nitrogens with one attached hydrogen (secondary N) is 1. The van der Waals surface area contributed by atoms with Crippen LogP contribution in [-0.2, 0) is 11.2 Å². The van der Waals surface area contributed by atoms with Crippen molar-refractivity contribution in [3.05, 3.63) is 60.3 Å². The lowest BCUT2D eigenvalue weighted by molar-refractivity contribution is -0.127. The molecule has 0 spiro atoms. The molecule has 1 amide bonds. The van der Waals surface area contributed by atoms with E-state index in [9.17, 15) is 9.18 Å². The van der Waals surface area contributed by atoms with Gasteiger partial charge >= 0.3 is 0 Å². The molecule has 2 aromatic heterocycles. The van der Waals surface area contributed by atoms with Gasteiger partial charge in [0.1, 0.15) is 17.4 Å². The second-order valence-corrected chi connectivity index (χ2v) is 5.30. The van der Waals surface area contributed by atoms with Crippen LogP contribution in [0, 0.1) is 5.82 Å². The summed E-state index contributed by atoms with van der Waals surface area (Å²) in [5.74, 6) is 0.414. The highest BCUT2D eigenvalue weighted by Gasteiger charge is 2.15. The zero-order chi connectivity index (χ0) is 16.9. The number of fused-ring (bicyclic) bond motifs is 1. The zero-order valence-electron chi connectivity index (χ0n) is 13.1. The molecule has 1 aromatic carbocycles. The SMILES string of the molecule is C[C@@H](Oc1cccc(F)c1)C(=O)NCCc1nnc2ccccn12. The van der Waals surface area contributed by atoms with Gasteiger partial charge in [-0.1, -0.05) is 12.1 Å². The number of nitrogens with zero attached hydrogens (tertiary/aromatic N) is 3. The number of carbonyl (C=O) groups excluding carboxylic acids is 1. The minimum absolute atomic E-state index is 0.270. The summed E-state index contributed by atoms with van der Waals surface area (Å²) in [7, 11) is 0. The van der Waals surface area contributed by atoms with Crippen molar-refractivity contribution in [2.75, 3.05) is 6.54 Å². The predicted molar refractivity (Wildman–Crippen MR) is 86.2 cm³/mol. The van der Waals surface area contributed by atoms with E-state index in [2.05, 4.69) is 15.5 Å². The molecule has 0 aliphatic carbocycles. The number of hydrogen-bond acceptors (Lipinski definition) is 4. The molecule has 6 nitrogen and oxygen atoms in total. The molecule has 0 radical (unpaired) electrons. The first-order chi connectivity index (χ1) is 11.6. The van der Waals surface area contributed by atoms with Crippen molar-refractivity contribution in [3.8, 4) is 5.75 Å². The van der Waals surface area contributed by atoms with Gasteiger partial charge in [0.2, 0.25) is 0 Å². The summed E-state index contributed by atoms with van der Waals surface area (Å²) in [6, 6.07) is 11.4. The number of pyridine rings is 1. The summed E-state index contributed by atoms with van der Waals surface area (Å²) < 4.78 is 20.4. The van der Waals surface area contributed by atoms with Crippen LogP contribution in [-0.4, -0.2) is 33.2 Å².